The lowest BCUT2D eigenvalue weighted by Gasteiger charge is -2.15. The quantitative estimate of drug-likeness (QED) is 0.148. The molecular formula is C34H29ClN2O6. The second-order valence-electron chi connectivity index (χ2n) is 9.08. The number of carbonyl (C=O) groups excluding carboxylic acids is 3. The van der Waals surface area contributed by atoms with Gasteiger partial charge in [-0.3, -0.25) is 14.4 Å². The predicted molar refractivity (Wildman–Crippen MR) is 168 cm³/mol. The van der Waals surface area contributed by atoms with Crippen molar-refractivity contribution in [2.24, 2.45) is 0 Å². The molecule has 0 heterocycles. The fourth-order valence-electron chi connectivity index (χ4n) is 4.05. The number of anilines is 1. The highest BCUT2D eigenvalue weighted by Gasteiger charge is 2.18. The zero-order chi connectivity index (χ0) is 30.8. The number of hydrogen-bond donors (Lipinski definition) is 2. The Morgan fingerprint density at radius 2 is 1.33 bits per heavy atom. The number of halogens is 1. The van der Waals surface area contributed by atoms with Gasteiger partial charge in [-0.25, -0.2) is 0 Å². The Hall–Kier alpha value is -5.34. The molecule has 0 radical (unpaired) electrons. The van der Waals surface area contributed by atoms with E-state index in [1.54, 1.807) is 78.9 Å². The van der Waals surface area contributed by atoms with E-state index in [0.717, 1.165) is 5.56 Å². The molecule has 4 rings (SSSR count). The Morgan fingerprint density at radius 1 is 0.698 bits per heavy atom. The van der Waals surface area contributed by atoms with Gasteiger partial charge >= 0.3 is 0 Å². The number of ketones is 1. The summed E-state index contributed by atoms with van der Waals surface area (Å²) in [6.45, 7) is 0. The van der Waals surface area contributed by atoms with Crippen LogP contribution in [-0.2, 0) is 4.79 Å². The molecule has 0 saturated carbocycles. The van der Waals surface area contributed by atoms with Crippen LogP contribution in [0.1, 0.15) is 31.8 Å². The van der Waals surface area contributed by atoms with Crippen molar-refractivity contribution in [3.05, 3.63) is 130 Å². The average Bonchev–Trinajstić information content (AvgIpc) is 3.04. The Morgan fingerprint density at radius 3 is 1.98 bits per heavy atom. The standard InChI is InChI=1S/C34H29ClN2O6/c1-41-30-21-32(43-3)31(42-2)20-25(30)19-28(37-33(39)24-10-5-4-6-11-24)34(40)36-26-16-13-23(14-17-26)29(38)18-15-22-9-7-8-12-27(22)35/h4-21H,1-3H3,(H,36,40)(H,37,39)/b18-15+,28-19-. The van der Waals surface area contributed by atoms with Crippen molar-refractivity contribution in [3.63, 3.8) is 0 Å². The first-order chi connectivity index (χ1) is 20.8. The summed E-state index contributed by atoms with van der Waals surface area (Å²) in [5, 5.41) is 6.01. The molecule has 0 spiro atoms. The van der Waals surface area contributed by atoms with Gasteiger partial charge < -0.3 is 24.8 Å². The first kappa shape index (κ1) is 30.6. The van der Waals surface area contributed by atoms with Crippen molar-refractivity contribution in [1.82, 2.24) is 5.32 Å². The normalized spacial score (nSPS) is 11.1. The number of hydrogen-bond acceptors (Lipinski definition) is 6. The number of amides is 2. The van der Waals surface area contributed by atoms with E-state index in [1.165, 1.54) is 33.5 Å². The number of methoxy groups -OCH3 is 3. The minimum atomic E-state index is -0.598. The summed E-state index contributed by atoms with van der Waals surface area (Å²) in [6, 6.07) is 25.4. The monoisotopic (exact) mass is 596 g/mol. The maximum atomic E-state index is 13.5. The summed E-state index contributed by atoms with van der Waals surface area (Å²) in [6.07, 6.45) is 4.56. The Bertz CT molecular complexity index is 1680. The Labute approximate surface area is 254 Å². The molecule has 218 valence electrons. The van der Waals surface area contributed by atoms with E-state index in [2.05, 4.69) is 10.6 Å². The third kappa shape index (κ3) is 7.90. The molecule has 0 saturated heterocycles. The number of ether oxygens (including phenoxy) is 3. The largest absolute Gasteiger partial charge is 0.496 e. The van der Waals surface area contributed by atoms with Gasteiger partial charge in [-0.2, -0.15) is 0 Å². The van der Waals surface area contributed by atoms with Crippen LogP contribution in [0.5, 0.6) is 17.2 Å². The van der Waals surface area contributed by atoms with Crippen LogP contribution in [0.2, 0.25) is 5.02 Å². The van der Waals surface area contributed by atoms with Crippen molar-refractivity contribution in [2.45, 2.75) is 0 Å². The molecule has 0 unspecified atom stereocenters. The van der Waals surface area contributed by atoms with Crippen LogP contribution >= 0.6 is 11.6 Å². The molecule has 2 N–H and O–H groups in total. The van der Waals surface area contributed by atoms with Gasteiger partial charge in [0, 0.05) is 33.5 Å². The molecule has 4 aromatic carbocycles. The Kier molecular flexibility index (Phi) is 10.3. The molecule has 0 aliphatic heterocycles. The highest BCUT2D eigenvalue weighted by Crippen LogP contribution is 2.35. The SMILES string of the molecule is COc1cc(OC)c(OC)cc1/C=C(\NC(=O)c1ccccc1)C(=O)Nc1ccc(C(=O)/C=C/c2ccccc2Cl)cc1. The highest BCUT2D eigenvalue weighted by atomic mass is 35.5. The smallest absolute Gasteiger partial charge is 0.272 e. The van der Waals surface area contributed by atoms with E-state index in [1.807, 2.05) is 18.2 Å². The summed E-state index contributed by atoms with van der Waals surface area (Å²) in [7, 11) is 4.47. The van der Waals surface area contributed by atoms with E-state index in [9.17, 15) is 14.4 Å². The van der Waals surface area contributed by atoms with Crippen LogP contribution in [0, 0.1) is 0 Å². The lowest BCUT2D eigenvalue weighted by atomic mass is 10.1. The predicted octanol–water partition coefficient (Wildman–Crippen LogP) is 6.67. The topological polar surface area (TPSA) is 103 Å². The fraction of sp³-hybridized carbons (Fsp3) is 0.0882. The number of rotatable bonds is 11. The van der Waals surface area contributed by atoms with E-state index in [0.29, 0.717) is 44.6 Å². The minimum Gasteiger partial charge on any atom is -0.496 e. The summed E-state index contributed by atoms with van der Waals surface area (Å²) >= 11 is 6.16. The van der Waals surface area contributed by atoms with Crippen molar-refractivity contribution < 1.29 is 28.6 Å². The maximum Gasteiger partial charge on any atom is 0.272 e. The van der Waals surface area contributed by atoms with Gasteiger partial charge in [0.15, 0.2) is 17.3 Å². The summed E-state index contributed by atoms with van der Waals surface area (Å²) < 4.78 is 16.3. The molecule has 0 aromatic heterocycles. The number of nitrogens with one attached hydrogen (secondary N) is 2. The summed E-state index contributed by atoms with van der Waals surface area (Å²) in [4.78, 5) is 39.2. The number of allylic oxidation sites excluding steroid dienone is 1. The molecule has 0 aliphatic rings. The molecule has 0 atom stereocenters. The minimum absolute atomic E-state index is 0.0535. The second kappa shape index (κ2) is 14.5. The van der Waals surface area contributed by atoms with Gasteiger partial charge in [0.05, 0.1) is 21.3 Å². The second-order valence-corrected chi connectivity index (χ2v) is 9.49. The van der Waals surface area contributed by atoms with Crippen molar-refractivity contribution in [2.75, 3.05) is 26.6 Å². The zero-order valence-corrected chi connectivity index (χ0v) is 24.5. The van der Waals surface area contributed by atoms with Crippen molar-refractivity contribution in [3.8, 4) is 17.2 Å². The summed E-state index contributed by atoms with van der Waals surface area (Å²) in [5.74, 6) is -0.0649. The van der Waals surface area contributed by atoms with Crippen LogP contribution in [0.3, 0.4) is 0 Å². The summed E-state index contributed by atoms with van der Waals surface area (Å²) in [5.41, 5.74) is 2.34. The third-order valence-electron chi connectivity index (χ3n) is 6.31. The molecule has 0 aliphatic carbocycles. The molecule has 43 heavy (non-hydrogen) atoms. The molecule has 2 amide bonds. The van der Waals surface area contributed by atoms with Crippen LogP contribution in [0.4, 0.5) is 5.69 Å². The van der Waals surface area contributed by atoms with E-state index in [-0.39, 0.29) is 11.5 Å². The van der Waals surface area contributed by atoms with Crippen LogP contribution in [-0.4, -0.2) is 38.9 Å². The maximum absolute atomic E-state index is 13.5. The molecule has 4 aromatic rings. The van der Waals surface area contributed by atoms with Gasteiger partial charge in [0.2, 0.25) is 0 Å². The van der Waals surface area contributed by atoms with E-state index in [4.69, 9.17) is 25.8 Å². The average molecular weight is 597 g/mol. The van der Waals surface area contributed by atoms with Crippen LogP contribution in [0.25, 0.3) is 12.2 Å². The molecule has 8 nitrogen and oxygen atoms in total. The van der Waals surface area contributed by atoms with Gasteiger partial charge in [-0.05, 0) is 72.3 Å². The van der Waals surface area contributed by atoms with E-state index >= 15 is 0 Å². The number of carbonyl (C=O) groups is 3. The molecule has 0 fully saturated rings. The molecule has 0 bridgehead atoms. The highest BCUT2D eigenvalue weighted by molar-refractivity contribution is 6.32. The van der Waals surface area contributed by atoms with Gasteiger partial charge in [0.25, 0.3) is 11.8 Å². The molecular weight excluding hydrogens is 568 g/mol. The first-order valence-electron chi connectivity index (χ1n) is 13.1. The van der Waals surface area contributed by atoms with E-state index < -0.39 is 11.8 Å². The van der Waals surface area contributed by atoms with Crippen molar-refractivity contribution in [1.29, 1.82) is 0 Å². The lowest BCUT2D eigenvalue weighted by molar-refractivity contribution is -0.113. The number of benzene rings is 4. The lowest BCUT2D eigenvalue weighted by Crippen LogP contribution is -2.30. The molecule has 9 heteroatoms. The zero-order valence-electron chi connectivity index (χ0n) is 23.7. The van der Waals surface area contributed by atoms with Gasteiger partial charge in [0.1, 0.15) is 11.4 Å². The van der Waals surface area contributed by atoms with Gasteiger partial charge in [-0.15, -0.1) is 0 Å². The fourth-order valence-corrected chi connectivity index (χ4v) is 4.25. The third-order valence-corrected chi connectivity index (χ3v) is 6.66. The van der Waals surface area contributed by atoms with Crippen LogP contribution in [0.15, 0.2) is 103 Å². The van der Waals surface area contributed by atoms with Crippen molar-refractivity contribution >= 4 is 47.0 Å². The van der Waals surface area contributed by atoms with Crippen LogP contribution < -0.4 is 24.8 Å². The first-order valence-corrected chi connectivity index (χ1v) is 13.5. The van der Waals surface area contributed by atoms with Gasteiger partial charge in [-0.1, -0.05) is 48.0 Å². The Balaban J connectivity index is 1.59.